The third-order valence-electron chi connectivity index (χ3n) is 1.14. The lowest BCUT2D eigenvalue weighted by Crippen LogP contribution is -1.86. The van der Waals surface area contributed by atoms with E-state index < -0.39 is 11.0 Å². The molecule has 0 aromatic heterocycles. The second-order valence-corrected chi connectivity index (χ2v) is 2.96. The molecule has 0 radical (unpaired) electrons. The van der Waals surface area contributed by atoms with E-state index in [1.54, 1.807) is 0 Å². The minimum absolute atomic E-state index is 0.334. The molecule has 1 rings (SSSR count). The van der Waals surface area contributed by atoms with E-state index in [9.17, 15) is 4.21 Å². The predicted molar refractivity (Wildman–Crippen MR) is 42.6 cm³/mol. The van der Waals surface area contributed by atoms with Crippen molar-refractivity contribution in [3.63, 3.8) is 0 Å². The van der Waals surface area contributed by atoms with Crippen LogP contribution in [-0.2, 0) is 16.7 Å². The van der Waals surface area contributed by atoms with Gasteiger partial charge in [0.1, 0.15) is 0 Å². The molecule has 54 valence electrons. The fraction of sp³-hybridized carbons (Fsp3) is 0.143. The van der Waals surface area contributed by atoms with Gasteiger partial charge in [-0.25, -0.2) is 0 Å². The van der Waals surface area contributed by atoms with Crippen molar-refractivity contribution >= 4 is 11.0 Å². The Balaban J connectivity index is 2.67. The van der Waals surface area contributed by atoms with Crippen LogP contribution in [0.15, 0.2) is 30.3 Å². The summed E-state index contributed by atoms with van der Waals surface area (Å²) in [6.45, 7) is 0. The van der Waals surface area contributed by atoms with Crippen LogP contribution < -0.4 is 0 Å². The highest BCUT2D eigenvalue weighted by molar-refractivity contribution is 7.85. The van der Waals surface area contributed by atoms with Gasteiger partial charge in [-0.15, -0.1) is 0 Å². The van der Waals surface area contributed by atoms with E-state index >= 15 is 0 Å². The molecule has 0 heterocycles. The van der Waals surface area contributed by atoms with Gasteiger partial charge in [0, 0.05) is 5.75 Å². The summed E-state index contributed by atoms with van der Waals surface area (Å²) in [5.74, 6) is 0.334. The molecule has 0 bridgehead atoms. The van der Waals surface area contributed by atoms with Crippen LogP contribution in [0.5, 0.6) is 0 Å². The highest BCUT2D eigenvalue weighted by Crippen LogP contribution is 2.01. The topological polar surface area (TPSA) is 40.9 Å². The number of hydrogen-bond acceptors (Lipinski definition) is 1. The van der Waals surface area contributed by atoms with E-state index in [1.165, 1.54) is 0 Å². The molecule has 3 heteroatoms. The van der Waals surface area contributed by atoms with Gasteiger partial charge in [0.25, 0.3) is 0 Å². The van der Waals surface area contributed by atoms with Gasteiger partial charge in [0.05, 0.1) is 0 Å². The lowest BCUT2D eigenvalue weighted by Gasteiger charge is -2.01. The summed E-state index contributed by atoms with van der Waals surface area (Å²) < 4.78 is 10.4. The number of rotatable bonds is 2. The van der Waals surface area contributed by atoms with Crippen molar-refractivity contribution in [1.82, 2.24) is 0 Å². The van der Waals surface area contributed by atoms with E-state index in [0.29, 0.717) is 5.75 Å². The van der Waals surface area contributed by atoms with E-state index in [-0.39, 0.29) is 0 Å². The molecule has 1 aromatic rings. The normalized spacial score (nSPS) is 12.9. The summed E-state index contributed by atoms with van der Waals surface area (Å²) in [6.07, 6.45) is 0. The van der Waals surface area contributed by atoms with Gasteiger partial charge in [-0.05, 0) is 5.56 Å². The molecule has 2 nitrogen and oxygen atoms in total. The standard InChI is InChI=1S/C7H8NOS/c8-10(9)6-7-4-2-1-3-5-7/h1-5,8H,6H2/q-1. The molecule has 0 saturated heterocycles. The highest BCUT2D eigenvalue weighted by Gasteiger charge is 1.87. The average Bonchev–Trinajstić information content (AvgIpc) is 1.88. The van der Waals surface area contributed by atoms with Crippen molar-refractivity contribution in [3.8, 4) is 0 Å². The van der Waals surface area contributed by atoms with Crippen LogP contribution in [0.1, 0.15) is 5.56 Å². The summed E-state index contributed by atoms with van der Waals surface area (Å²) >= 11 is 0. The Bertz CT molecular complexity index is 222. The van der Waals surface area contributed by atoms with Crippen LogP contribution in [0.2, 0.25) is 0 Å². The zero-order valence-electron chi connectivity index (χ0n) is 5.41. The fourth-order valence-corrected chi connectivity index (χ4v) is 1.22. The van der Waals surface area contributed by atoms with E-state index in [4.69, 9.17) is 5.14 Å². The Kier molecular flexibility index (Phi) is 2.59. The highest BCUT2D eigenvalue weighted by atomic mass is 32.2. The first-order valence-corrected chi connectivity index (χ1v) is 4.24. The molecule has 0 saturated carbocycles. The second-order valence-electron chi connectivity index (χ2n) is 1.98. The van der Waals surface area contributed by atoms with Gasteiger partial charge in [-0.2, -0.15) is 0 Å². The Labute approximate surface area is 62.6 Å². The predicted octanol–water partition coefficient (Wildman–Crippen LogP) is 1.90. The molecule has 1 aromatic carbocycles. The van der Waals surface area contributed by atoms with Gasteiger partial charge in [-0.3, -0.25) is 4.21 Å². The van der Waals surface area contributed by atoms with Crippen LogP contribution in [-0.4, -0.2) is 4.21 Å². The maximum absolute atomic E-state index is 10.4. The molecule has 10 heavy (non-hydrogen) atoms. The van der Waals surface area contributed by atoms with Crippen LogP contribution in [0.4, 0.5) is 0 Å². The first-order valence-electron chi connectivity index (χ1n) is 2.92. The summed E-state index contributed by atoms with van der Waals surface area (Å²) in [6, 6.07) is 9.39. The minimum atomic E-state index is -1.47. The molecule has 1 atom stereocenters. The van der Waals surface area contributed by atoms with Crippen molar-refractivity contribution in [2.24, 2.45) is 0 Å². The van der Waals surface area contributed by atoms with Crippen molar-refractivity contribution in [2.45, 2.75) is 5.75 Å². The maximum atomic E-state index is 10.4. The lowest BCUT2D eigenvalue weighted by atomic mass is 10.2. The smallest absolute Gasteiger partial charge is 0.0295 e. The van der Waals surface area contributed by atoms with Crippen molar-refractivity contribution < 1.29 is 4.21 Å². The van der Waals surface area contributed by atoms with E-state index in [2.05, 4.69) is 0 Å². The zero-order valence-corrected chi connectivity index (χ0v) is 6.23. The lowest BCUT2D eigenvalue weighted by molar-refractivity contribution is 0.688. The van der Waals surface area contributed by atoms with Crippen LogP contribution in [0, 0.1) is 0 Å². The van der Waals surface area contributed by atoms with Crippen LogP contribution >= 0.6 is 0 Å². The Morgan fingerprint density at radius 3 is 2.40 bits per heavy atom. The Morgan fingerprint density at radius 1 is 1.30 bits per heavy atom. The summed E-state index contributed by atoms with van der Waals surface area (Å²) in [7, 11) is -1.47. The molecule has 1 unspecified atom stereocenters. The van der Waals surface area contributed by atoms with Crippen LogP contribution in [0.25, 0.3) is 5.14 Å². The third-order valence-corrected chi connectivity index (χ3v) is 1.74. The van der Waals surface area contributed by atoms with Crippen molar-refractivity contribution in [1.29, 1.82) is 0 Å². The third kappa shape index (κ3) is 2.29. The molecule has 0 spiro atoms. The molecule has 0 amide bonds. The van der Waals surface area contributed by atoms with E-state index in [1.807, 2.05) is 30.3 Å². The number of benzene rings is 1. The van der Waals surface area contributed by atoms with Crippen molar-refractivity contribution in [2.75, 3.05) is 0 Å². The molecule has 0 aliphatic heterocycles. The second kappa shape index (κ2) is 3.49. The van der Waals surface area contributed by atoms with E-state index in [0.717, 1.165) is 5.56 Å². The Hall–Kier alpha value is -0.670. The maximum Gasteiger partial charge on any atom is 0.0295 e. The minimum Gasteiger partial charge on any atom is -0.591 e. The van der Waals surface area contributed by atoms with Gasteiger partial charge < -0.3 is 5.14 Å². The van der Waals surface area contributed by atoms with Gasteiger partial charge >= 0.3 is 0 Å². The molecule has 0 aliphatic rings. The average molecular weight is 154 g/mol. The summed E-state index contributed by atoms with van der Waals surface area (Å²) in [5.41, 5.74) is 0.954. The molecular weight excluding hydrogens is 146 g/mol. The summed E-state index contributed by atoms with van der Waals surface area (Å²) in [4.78, 5) is 0. The number of hydrogen-bond donors (Lipinski definition) is 0. The zero-order chi connectivity index (χ0) is 7.40. The molecular formula is C7H8NOS-. The quantitative estimate of drug-likeness (QED) is 0.641. The molecule has 0 fully saturated rings. The fourth-order valence-electron chi connectivity index (χ4n) is 0.726. The van der Waals surface area contributed by atoms with Crippen molar-refractivity contribution in [3.05, 3.63) is 41.0 Å². The van der Waals surface area contributed by atoms with Gasteiger partial charge in [0.2, 0.25) is 0 Å². The Morgan fingerprint density at radius 2 is 1.90 bits per heavy atom. The van der Waals surface area contributed by atoms with Gasteiger partial charge in [0.15, 0.2) is 0 Å². The van der Waals surface area contributed by atoms with Crippen LogP contribution in [0.3, 0.4) is 0 Å². The SMILES string of the molecule is [NH-]S(=O)Cc1ccccc1. The largest absolute Gasteiger partial charge is 0.591 e. The first kappa shape index (κ1) is 7.44. The first-order chi connectivity index (χ1) is 4.79. The monoisotopic (exact) mass is 154 g/mol. The molecule has 1 N–H and O–H groups in total. The number of nitrogens with one attached hydrogen (secondary N) is 1. The molecule has 0 aliphatic carbocycles. The van der Waals surface area contributed by atoms with Gasteiger partial charge in [-0.1, -0.05) is 41.3 Å². The summed E-state index contributed by atoms with van der Waals surface area (Å²) in [5, 5.41) is 6.79.